The molecule has 1 aliphatic rings. The zero-order valence-electron chi connectivity index (χ0n) is 16.8. The first-order valence-electron chi connectivity index (χ1n) is 10.3. The summed E-state index contributed by atoms with van der Waals surface area (Å²) in [6.45, 7) is 6.00. The minimum absolute atomic E-state index is 0.938. The van der Waals surface area contributed by atoms with E-state index in [2.05, 4.69) is 102 Å². The number of hydrogen-bond acceptors (Lipinski definition) is 3. The van der Waals surface area contributed by atoms with Gasteiger partial charge in [0, 0.05) is 24.3 Å². The van der Waals surface area contributed by atoms with Crippen molar-refractivity contribution in [3.63, 3.8) is 0 Å². The van der Waals surface area contributed by atoms with Crippen LogP contribution in [0.5, 0.6) is 0 Å². The van der Waals surface area contributed by atoms with Crippen molar-refractivity contribution in [2.24, 2.45) is 5.10 Å². The number of benzene rings is 4. The van der Waals surface area contributed by atoms with E-state index < -0.39 is 0 Å². The molecule has 0 radical (unpaired) electrons. The van der Waals surface area contributed by atoms with Crippen LogP contribution in [-0.4, -0.2) is 37.4 Å². The molecule has 0 N–H and O–H groups in total. The molecule has 1 saturated heterocycles. The smallest absolute Gasteiger partial charge is 0.0555 e. The Hall–Kier alpha value is -3.33. The van der Waals surface area contributed by atoms with Gasteiger partial charge in [0.25, 0.3) is 0 Å². The van der Waals surface area contributed by atoms with E-state index in [-0.39, 0.29) is 0 Å². The molecule has 0 amide bonds. The van der Waals surface area contributed by atoms with Crippen molar-refractivity contribution in [1.29, 1.82) is 0 Å². The fraction of sp³-hybridized carbons (Fsp3) is 0.192. The maximum atomic E-state index is 4.88. The molecule has 0 unspecified atom stereocenters. The number of anilines is 1. The van der Waals surface area contributed by atoms with E-state index in [4.69, 9.17) is 5.10 Å². The van der Waals surface area contributed by atoms with Gasteiger partial charge >= 0.3 is 0 Å². The summed E-state index contributed by atoms with van der Waals surface area (Å²) in [5.74, 6) is 0. The topological polar surface area (TPSA) is 18.8 Å². The zero-order chi connectivity index (χ0) is 19.6. The molecule has 3 heteroatoms. The molecule has 1 heterocycles. The number of rotatable bonds is 3. The Bertz CT molecular complexity index is 1120. The summed E-state index contributed by atoms with van der Waals surface area (Å²) in [5.41, 5.74) is 3.82. The molecule has 144 valence electrons. The molecule has 0 atom stereocenters. The molecule has 29 heavy (non-hydrogen) atoms. The summed E-state index contributed by atoms with van der Waals surface area (Å²) in [7, 11) is 0. The normalized spacial score (nSPS) is 14.9. The molecule has 3 nitrogen and oxygen atoms in total. The molecule has 4 aromatic rings. The Morgan fingerprint density at radius 2 is 1.31 bits per heavy atom. The molecule has 1 fully saturated rings. The van der Waals surface area contributed by atoms with Crippen LogP contribution < -0.4 is 4.90 Å². The second-order valence-corrected chi connectivity index (χ2v) is 7.75. The molecule has 5 rings (SSSR count). The van der Waals surface area contributed by atoms with E-state index >= 15 is 0 Å². The molecular weight excluding hydrogens is 354 g/mol. The highest BCUT2D eigenvalue weighted by atomic mass is 15.5. The number of fused-ring (bicyclic) bond motifs is 2. The highest BCUT2D eigenvalue weighted by Crippen LogP contribution is 2.27. The molecule has 0 aliphatic carbocycles. The predicted octanol–water partition coefficient (Wildman–Crippen LogP) is 5.46. The summed E-state index contributed by atoms with van der Waals surface area (Å²) in [6.07, 6.45) is 2.06. The summed E-state index contributed by atoms with van der Waals surface area (Å²) in [4.78, 5) is 2.44. The third-order valence-corrected chi connectivity index (χ3v) is 5.82. The van der Waals surface area contributed by atoms with Gasteiger partial charge in [-0.3, -0.25) is 5.01 Å². The number of nitrogens with zero attached hydrogens (tertiary/aromatic N) is 3. The largest absolute Gasteiger partial charge is 0.368 e. The van der Waals surface area contributed by atoms with Gasteiger partial charge in [0.1, 0.15) is 0 Å². The van der Waals surface area contributed by atoms with Gasteiger partial charge in [0.05, 0.1) is 19.3 Å². The molecular formula is C26H25N3. The van der Waals surface area contributed by atoms with E-state index in [0.29, 0.717) is 0 Å². The SMILES string of the molecule is Cc1ccc(N2CCN(N=Cc3c4ccccc4cc4ccccc34)CC2)cc1. The van der Waals surface area contributed by atoms with Crippen molar-refractivity contribution in [1.82, 2.24) is 5.01 Å². The van der Waals surface area contributed by atoms with Crippen LogP contribution in [0.1, 0.15) is 11.1 Å². The monoisotopic (exact) mass is 379 g/mol. The first kappa shape index (κ1) is 17.7. The highest BCUT2D eigenvalue weighted by molar-refractivity contribution is 6.13. The minimum Gasteiger partial charge on any atom is -0.368 e. The first-order chi connectivity index (χ1) is 14.3. The average Bonchev–Trinajstić information content (AvgIpc) is 2.77. The van der Waals surface area contributed by atoms with Gasteiger partial charge < -0.3 is 4.90 Å². The quantitative estimate of drug-likeness (QED) is 0.348. The molecule has 0 saturated carbocycles. The van der Waals surface area contributed by atoms with Crippen molar-refractivity contribution in [2.75, 3.05) is 31.1 Å². The van der Waals surface area contributed by atoms with E-state index in [1.54, 1.807) is 0 Å². The summed E-state index contributed by atoms with van der Waals surface area (Å²) < 4.78 is 0. The summed E-state index contributed by atoms with van der Waals surface area (Å²) >= 11 is 0. The van der Waals surface area contributed by atoms with Crippen LogP contribution in [0.4, 0.5) is 5.69 Å². The third kappa shape index (κ3) is 3.56. The minimum atomic E-state index is 0.938. The van der Waals surface area contributed by atoms with Gasteiger partial charge in [-0.2, -0.15) is 5.10 Å². The summed E-state index contributed by atoms with van der Waals surface area (Å²) in [5, 5.41) is 12.1. The lowest BCUT2D eigenvalue weighted by molar-refractivity contribution is 0.272. The van der Waals surface area contributed by atoms with Gasteiger partial charge in [-0.25, -0.2) is 0 Å². The lowest BCUT2D eigenvalue weighted by Crippen LogP contribution is -2.44. The van der Waals surface area contributed by atoms with Crippen LogP contribution in [0.3, 0.4) is 0 Å². The Balaban J connectivity index is 1.39. The lowest BCUT2D eigenvalue weighted by atomic mass is 9.97. The van der Waals surface area contributed by atoms with Crippen LogP contribution in [-0.2, 0) is 0 Å². The Morgan fingerprint density at radius 1 is 0.724 bits per heavy atom. The lowest BCUT2D eigenvalue weighted by Gasteiger charge is -2.34. The van der Waals surface area contributed by atoms with Crippen LogP contribution in [0.25, 0.3) is 21.5 Å². The van der Waals surface area contributed by atoms with E-state index in [1.165, 1.54) is 38.4 Å². The first-order valence-corrected chi connectivity index (χ1v) is 10.3. The predicted molar refractivity (Wildman–Crippen MR) is 124 cm³/mol. The second kappa shape index (κ2) is 7.59. The Labute approximate surface area is 171 Å². The van der Waals surface area contributed by atoms with E-state index in [0.717, 1.165) is 26.2 Å². The van der Waals surface area contributed by atoms with Crippen LogP contribution in [0, 0.1) is 6.92 Å². The van der Waals surface area contributed by atoms with Gasteiger partial charge in [0.15, 0.2) is 0 Å². The Kier molecular flexibility index (Phi) is 4.65. The fourth-order valence-electron chi connectivity index (χ4n) is 4.15. The standard InChI is InChI=1S/C26H25N3/c1-20-10-12-23(13-11-20)28-14-16-29(17-15-28)27-19-26-24-8-4-2-6-21(24)18-22-7-3-5-9-25(22)26/h2-13,18-19H,14-17H2,1H3. The number of piperazine rings is 1. The van der Waals surface area contributed by atoms with Crippen molar-refractivity contribution < 1.29 is 0 Å². The van der Waals surface area contributed by atoms with Crippen molar-refractivity contribution in [3.05, 3.63) is 90.0 Å². The molecule has 4 aromatic carbocycles. The van der Waals surface area contributed by atoms with Gasteiger partial charge in [-0.05, 0) is 46.7 Å². The highest BCUT2D eigenvalue weighted by Gasteiger charge is 2.16. The molecule has 0 bridgehead atoms. The maximum absolute atomic E-state index is 4.88. The van der Waals surface area contributed by atoms with Crippen molar-refractivity contribution in [3.8, 4) is 0 Å². The number of hydrogen-bond donors (Lipinski definition) is 0. The van der Waals surface area contributed by atoms with Crippen molar-refractivity contribution >= 4 is 33.4 Å². The number of aryl methyl sites for hydroxylation is 1. The maximum Gasteiger partial charge on any atom is 0.0555 e. The van der Waals surface area contributed by atoms with Gasteiger partial charge in [-0.1, -0.05) is 66.2 Å². The van der Waals surface area contributed by atoms with E-state index in [1.807, 2.05) is 0 Å². The van der Waals surface area contributed by atoms with Crippen LogP contribution in [0.15, 0.2) is 84.0 Å². The van der Waals surface area contributed by atoms with Gasteiger partial charge in [0.2, 0.25) is 0 Å². The fourth-order valence-corrected chi connectivity index (χ4v) is 4.15. The van der Waals surface area contributed by atoms with E-state index in [9.17, 15) is 0 Å². The summed E-state index contributed by atoms with van der Waals surface area (Å²) in [6, 6.07) is 28.2. The van der Waals surface area contributed by atoms with Crippen molar-refractivity contribution in [2.45, 2.75) is 6.92 Å². The molecule has 1 aliphatic heterocycles. The van der Waals surface area contributed by atoms with Crippen LogP contribution >= 0.6 is 0 Å². The molecule has 0 aromatic heterocycles. The Morgan fingerprint density at radius 3 is 1.93 bits per heavy atom. The zero-order valence-corrected chi connectivity index (χ0v) is 16.8. The second-order valence-electron chi connectivity index (χ2n) is 7.75. The number of hydrazone groups is 1. The van der Waals surface area contributed by atoms with Gasteiger partial charge in [-0.15, -0.1) is 0 Å². The average molecular weight is 380 g/mol. The molecule has 0 spiro atoms. The third-order valence-electron chi connectivity index (χ3n) is 5.82. The van der Waals surface area contributed by atoms with Crippen LogP contribution in [0.2, 0.25) is 0 Å².